The molecule has 0 unspecified atom stereocenters. The maximum atomic E-state index is 11.6. The number of nitrogens with zero attached hydrogens (tertiary/aromatic N) is 2. The van der Waals surface area contributed by atoms with Crippen LogP contribution < -0.4 is 19.9 Å². The minimum Gasteiger partial charge on any atom is -0.486 e. The number of primary sulfonamides is 1. The van der Waals surface area contributed by atoms with Crippen LogP contribution in [0.1, 0.15) is 0 Å². The number of anilines is 1. The third-order valence-corrected chi connectivity index (χ3v) is 3.51. The van der Waals surface area contributed by atoms with Crippen LogP contribution in [0.5, 0.6) is 11.5 Å². The molecule has 0 aromatic heterocycles. The summed E-state index contributed by atoms with van der Waals surface area (Å²) < 4.78 is 33.9. The van der Waals surface area contributed by atoms with Crippen LogP contribution in [0.25, 0.3) is 0 Å². The molecule has 21 heavy (non-hydrogen) atoms. The highest BCUT2D eigenvalue weighted by atomic mass is 32.2. The smallest absolute Gasteiger partial charge is 0.240 e. The molecule has 1 aliphatic heterocycles. The molecule has 0 saturated carbocycles. The molecule has 0 radical (unpaired) electrons. The van der Waals surface area contributed by atoms with Crippen LogP contribution in [0.4, 0.5) is 5.69 Å². The highest BCUT2D eigenvalue weighted by Gasteiger charge is 2.21. The Balaban J connectivity index is 2.51. The summed E-state index contributed by atoms with van der Waals surface area (Å²) in [5.74, 6) is 0.612. The predicted octanol–water partition coefficient (Wildman–Crippen LogP) is 0.448. The minimum absolute atomic E-state index is 0.0877. The normalized spacial score (nSPS) is 12.7. The Morgan fingerprint density at radius 2 is 1.81 bits per heavy atom. The van der Waals surface area contributed by atoms with Gasteiger partial charge in [0.25, 0.3) is 0 Å². The number of ether oxygens (including phenoxy) is 2. The number of nitrogens with two attached hydrogens (primary N) is 1. The fraction of sp³-hybridized carbons (Fsp3) is 0.167. The number of allylic oxidation sites excluding steroid dienone is 1. The Kier molecular flexibility index (Phi) is 3.98. The van der Waals surface area contributed by atoms with Gasteiger partial charge in [-0.2, -0.15) is 10.5 Å². The maximum Gasteiger partial charge on any atom is 0.240 e. The fourth-order valence-corrected chi connectivity index (χ4v) is 2.35. The number of nitrogens with one attached hydrogen (secondary N) is 1. The quantitative estimate of drug-likeness (QED) is 0.773. The highest BCUT2D eigenvalue weighted by molar-refractivity contribution is 7.89. The zero-order valence-corrected chi connectivity index (χ0v) is 11.5. The van der Waals surface area contributed by atoms with Crippen molar-refractivity contribution >= 4 is 15.7 Å². The molecular formula is C12H10N4O4S. The average molecular weight is 306 g/mol. The van der Waals surface area contributed by atoms with E-state index in [-0.39, 0.29) is 21.9 Å². The van der Waals surface area contributed by atoms with Crippen LogP contribution in [-0.4, -0.2) is 21.6 Å². The molecule has 0 aliphatic carbocycles. The first kappa shape index (κ1) is 14.7. The van der Waals surface area contributed by atoms with Gasteiger partial charge < -0.3 is 14.8 Å². The lowest BCUT2D eigenvalue weighted by molar-refractivity contribution is 0.171. The first-order valence-electron chi connectivity index (χ1n) is 5.69. The molecule has 1 aromatic carbocycles. The summed E-state index contributed by atoms with van der Waals surface area (Å²) in [5, 5.41) is 25.0. The Morgan fingerprint density at radius 3 is 2.33 bits per heavy atom. The third kappa shape index (κ3) is 3.23. The van der Waals surface area contributed by atoms with Gasteiger partial charge in [0.05, 0.1) is 5.69 Å². The molecule has 0 bridgehead atoms. The van der Waals surface area contributed by atoms with E-state index in [0.29, 0.717) is 19.0 Å². The van der Waals surface area contributed by atoms with Crippen molar-refractivity contribution in [2.24, 2.45) is 5.14 Å². The number of fused-ring (bicyclic) bond motifs is 1. The Morgan fingerprint density at radius 1 is 1.24 bits per heavy atom. The lowest BCUT2D eigenvalue weighted by atomic mass is 10.2. The number of nitriles is 2. The number of sulfonamides is 1. The SMILES string of the molecule is N#CC(C#N)=CNc1cc2c(cc1S(N)(=O)=O)OCCO2. The van der Waals surface area contributed by atoms with Crippen LogP contribution in [0.2, 0.25) is 0 Å². The molecule has 1 aliphatic rings. The van der Waals surface area contributed by atoms with Crippen LogP contribution in [-0.2, 0) is 10.0 Å². The standard InChI is InChI=1S/C12H10N4O4S/c13-5-8(6-14)7-16-9-3-10-11(20-2-1-19-10)4-12(9)21(15,17)18/h3-4,7,16H,1-2H2,(H2,15,17,18). The van der Waals surface area contributed by atoms with E-state index in [9.17, 15) is 8.42 Å². The summed E-state index contributed by atoms with van der Waals surface area (Å²) in [5.41, 5.74) is -0.130. The highest BCUT2D eigenvalue weighted by Crippen LogP contribution is 2.37. The first-order valence-corrected chi connectivity index (χ1v) is 7.23. The van der Waals surface area contributed by atoms with Crippen molar-refractivity contribution in [2.45, 2.75) is 4.90 Å². The van der Waals surface area contributed by atoms with Gasteiger partial charge in [0.1, 0.15) is 35.8 Å². The van der Waals surface area contributed by atoms with E-state index < -0.39 is 10.0 Å². The lowest BCUT2D eigenvalue weighted by Gasteiger charge is -2.20. The summed E-state index contributed by atoms with van der Waals surface area (Å²) in [6, 6.07) is 5.91. The van der Waals surface area contributed by atoms with E-state index >= 15 is 0 Å². The monoisotopic (exact) mass is 306 g/mol. The summed E-state index contributed by atoms with van der Waals surface area (Å²) in [4.78, 5) is -0.224. The second-order valence-corrected chi connectivity index (χ2v) is 5.49. The second-order valence-electron chi connectivity index (χ2n) is 3.96. The summed E-state index contributed by atoms with van der Waals surface area (Å²) in [7, 11) is -4.02. The van der Waals surface area contributed by atoms with Gasteiger partial charge in [-0.05, 0) is 0 Å². The lowest BCUT2D eigenvalue weighted by Crippen LogP contribution is -2.18. The van der Waals surface area contributed by atoms with Gasteiger partial charge in [-0.3, -0.25) is 0 Å². The summed E-state index contributed by atoms with van der Waals surface area (Å²) in [6.07, 6.45) is 1.08. The zero-order valence-electron chi connectivity index (χ0n) is 10.7. The van der Waals surface area contributed by atoms with Gasteiger partial charge in [0, 0.05) is 18.3 Å². The molecule has 1 heterocycles. The number of hydrogen-bond acceptors (Lipinski definition) is 7. The van der Waals surface area contributed by atoms with Crippen LogP contribution in [0.15, 0.2) is 28.8 Å². The maximum absolute atomic E-state index is 11.6. The van der Waals surface area contributed by atoms with Crippen LogP contribution >= 0.6 is 0 Å². The molecule has 0 spiro atoms. The zero-order chi connectivity index (χ0) is 15.5. The van der Waals surface area contributed by atoms with Gasteiger partial charge in [0.2, 0.25) is 10.0 Å². The second kappa shape index (κ2) is 5.71. The molecule has 0 atom stereocenters. The van der Waals surface area contributed by atoms with E-state index in [4.69, 9.17) is 25.1 Å². The largest absolute Gasteiger partial charge is 0.486 e. The van der Waals surface area contributed by atoms with Crippen LogP contribution in [0.3, 0.4) is 0 Å². The summed E-state index contributed by atoms with van der Waals surface area (Å²) in [6.45, 7) is 0.634. The van der Waals surface area contributed by atoms with Gasteiger partial charge in [-0.25, -0.2) is 13.6 Å². The number of rotatable bonds is 3. The molecule has 9 heteroatoms. The van der Waals surface area contributed by atoms with Crippen molar-refractivity contribution in [1.82, 2.24) is 0 Å². The molecule has 108 valence electrons. The Hall–Kier alpha value is -2.75. The van der Waals surface area contributed by atoms with E-state index in [1.807, 2.05) is 0 Å². The number of hydrogen-bond donors (Lipinski definition) is 2. The van der Waals surface area contributed by atoms with E-state index in [2.05, 4.69) is 5.32 Å². The Labute approximate surface area is 121 Å². The van der Waals surface area contributed by atoms with Crippen molar-refractivity contribution in [3.05, 3.63) is 23.9 Å². The van der Waals surface area contributed by atoms with Crippen molar-refractivity contribution in [3.8, 4) is 23.6 Å². The van der Waals surface area contributed by atoms with Gasteiger partial charge >= 0.3 is 0 Å². The average Bonchev–Trinajstić information content (AvgIpc) is 2.46. The minimum atomic E-state index is -4.02. The van der Waals surface area contributed by atoms with Crippen molar-refractivity contribution in [1.29, 1.82) is 10.5 Å². The molecule has 8 nitrogen and oxygen atoms in total. The molecule has 2 rings (SSSR count). The Bertz CT molecular complexity index is 771. The molecule has 0 saturated heterocycles. The number of benzene rings is 1. The van der Waals surface area contributed by atoms with E-state index in [1.165, 1.54) is 12.1 Å². The summed E-state index contributed by atoms with van der Waals surface area (Å²) >= 11 is 0. The van der Waals surface area contributed by atoms with Gasteiger partial charge in [0.15, 0.2) is 11.5 Å². The van der Waals surface area contributed by atoms with E-state index in [1.54, 1.807) is 12.1 Å². The van der Waals surface area contributed by atoms with E-state index in [0.717, 1.165) is 6.20 Å². The van der Waals surface area contributed by atoms with Crippen molar-refractivity contribution in [2.75, 3.05) is 18.5 Å². The van der Waals surface area contributed by atoms with Crippen molar-refractivity contribution in [3.63, 3.8) is 0 Å². The molecule has 1 aromatic rings. The molecule has 3 N–H and O–H groups in total. The third-order valence-electron chi connectivity index (χ3n) is 2.56. The molecule has 0 amide bonds. The first-order chi connectivity index (χ1) is 9.95. The predicted molar refractivity (Wildman–Crippen MR) is 71.7 cm³/mol. The molecular weight excluding hydrogens is 296 g/mol. The molecule has 0 fully saturated rings. The topological polar surface area (TPSA) is 138 Å². The fourth-order valence-electron chi connectivity index (χ4n) is 1.66. The van der Waals surface area contributed by atoms with Gasteiger partial charge in [-0.15, -0.1) is 0 Å². The van der Waals surface area contributed by atoms with Gasteiger partial charge in [-0.1, -0.05) is 0 Å². The van der Waals surface area contributed by atoms with Crippen molar-refractivity contribution < 1.29 is 17.9 Å². The van der Waals surface area contributed by atoms with Crippen LogP contribution in [0, 0.1) is 22.7 Å².